The van der Waals surface area contributed by atoms with E-state index in [4.69, 9.17) is 5.73 Å². The molecular weight excluding hydrogens is 246 g/mol. The van der Waals surface area contributed by atoms with Crippen LogP contribution < -0.4 is 11.1 Å². The van der Waals surface area contributed by atoms with Gasteiger partial charge in [-0.05, 0) is 12.1 Å². The SMILES string of the molecule is Nc1cccc2c(NC(CO)(CO)CO)ccnc12. The summed E-state index contributed by atoms with van der Waals surface area (Å²) in [5, 5.41) is 31.8. The van der Waals surface area contributed by atoms with Gasteiger partial charge in [0.05, 0.1) is 31.0 Å². The number of nitrogens with one attached hydrogen (secondary N) is 1. The lowest BCUT2D eigenvalue weighted by atomic mass is 10.0. The molecule has 2 aromatic rings. The van der Waals surface area contributed by atoms with E-state index in [9.17, 15) is 15.3 Å². The quantitative estimate of drug-likeness (QED) is 0.483. The summed E-state index contributed by atoms with van der Waals surface area (Å²) < 4.78 is 0. The Morgan fingerprint density at radius 2 is 1.79 bits per heavy atom. The number of fused-ring (bicyclic) bond motifs is 1. The zero-order valence-electron chi connectivity index (χ0n) is 10.4. The molecule has 0 aliphatic carbocycles. The summed E-state index contributed by atoms with van der Waals surface area (Å²) in [5.74, 6) is 0. The monoisotopic (exact) mass is 263 g/mol. The lowest BCUT2D eigenvalue weighted by Gasteiger charge is -2.30. The molecule has 6 nitrogen and oxygen atoms in total. The number of pyridine rings is 1. The number of rotatable bonds is 5. The Hall–Kier alpha value is -1.89. The molecule has 0 fully saturated rings. The van der Waals surface area contributed by atoms with Crippen LogP contribution in [-0.4, -0.2) is 45.7 Å². The molecule has 1 aromatic heterocycles. The maximum absolute atomic E-state index is 9.34. The van der Waals surface area contributed by atoms with Gasteiger partial charge in [0, 0.05) is 17.3 Å². The molecule has 19 heavy (non-hydrogen) atoms. The van der Waals surface area contributed by atoms with Crippen molar-refractivity contribution in [2.75, 3.05) is 30.9 Å². The fraction of sp³-hybridized carbons (Fsp3) is 0.308. The number of nitrogens with two attached hydrogens (primary N) is 1. The van der Waals surface area contributed by atoms with E-state index in [0.717, 1.165) is 5.39 Å². The van der Waals surface area contributed by atoms with Crippen LogP contribution in [0.3, 0.4) is 0 Å². The second-order valence-corrected chi connectivity index (χ2v) is 4.48. The Morgan fingerprint density at radius 1 is 1.11 bits per heavy atom. The Balaban J connectivity index is 2.49. The third-order valence-electron chi connectivity index (χ3n) is 3.11. The van der Waals surface area contributed by atoms with Crippen molar-refractivity contribution < 1.29 is 15.3 Å². The fourth-order valence-corrected chi connectivity index (χ4v) is 1.86. The first-order valence-electron chi connectivity index (χ1n) is 5.90. The van der Waals surface area contributed by atoms with E-state index in [1.165, 1.54) is 0 Å². The van der Waals surface area contributed by atoms with Crippen molar-refractivity contribution in [3.63, 3.8) is 0 Å². The maximum Gasteiger partial charge on any atom is 0.107 e. The summed E-state index contributed by atoms with van der Waals surface area (Å²) in [7, 11) is 0. The minimum atomic E-state index is -1.18. The van der Waals surface area contributed by atoms with Gasteiger partial charge >= 0.3 is 0 Å². The van der Waals surface area contributed by atoms with Gasteiger partial charge in [0.1, 0.15) is 5.54 Å². The van der Waals surface area contributed by atoms with E-state index in [1.54, 1.807) is 24.4 Å². The van der Waals surface area contributed by atoms with Gasteiger partial charge in [-0.1, -0.05) is 12.1 Å². The molecule has 0 spiro atoms. The van der Waals surface area contributed by atoms with Gasteiger partial charge in [0.25, 0.3) is 0 Å². The molecule has 0 atom stereocenters. The molecule has 6 N–H and O–H groups in total. The van der Waals surface area contributed by atoms with Crippen molar-refractivity contribution in [3.8, 4) is 0 Å². The van der Waals surface area contributed by atoms with Gasteiger partial charge in [-0.15, -0.1) is 0 Å². The number of nitrogens with zero attached hydrogens (tertiary/aromatic N) is 1. The third kappa shape index (κ3) is 2.46. The van der Waals surface area contributed by atoms with Crippen LogP contribution in [0.1, 0.15) is 0 Å². The second kappa shape index (κ2) is 5.40. The summed E-state index contributed by atoms with van der Waals surface area (Å²) in [6, 6.07) is 7.08. The van der Waals surface area contributed by atoms with Crippen LogP contribution in [0.4, 0.5) is 11.4 Å². The van der Waals surface area contributed by atoms with Gasteiger partial charge in [-0.3, -0.25) is 4.98 Å². The summed E-state index contributed by atoms with van der Waals surface area (Å²) in [6.45, 7) is -1.19. The first-order chi connectivity index (χ1) is 9.15. The molecule has 0 saturated heterocycles. The number of para-hydroxylation sites is 1. The average molecular weight is 263 g/mol. The van der Waals surface area contributed by atoms with Gasteiger partial charge in [-0.25, -0.2) is 0 Å². The number of benzene rings is 1. The molecule has 0 radical (unpaired) electrons. The van der Waals surface area contributed by atoms with Crippen LogP contribution in [0.25, 0.3) is 10.9 Å². The lowest BCUT2D eigenvalue weighted by molar-refractivity contribution is 0.0834. The van der Waals surface area contributed by atoms with E-state index < -0.39 is 25.4 Å². The van der Waals surface area contributed by atoms with Gasteiger partial charge < -0.3 is 26.4 Å². The van der Waals surface area contributed by atoms with Crippen LogP contribution >= 0.6 is 0 Å². The Morgan fingerprint density at radius 3 is 2.42 bits per heavy atom. The number of hydrogen-bond donors (Lipinski definition) is 5. The molecule has 0 unspecified atom stereocenters. The molecular formula is C13H17N3O3. The van der Waals surface area contributed by atoms with Crippen molar-refractivity contribution in [2.45, 2.75) is 5.54 Å². The number of aromatic nitrogens is 1. The number of nitrogen functional groups attached to an aromatic ring is 1. The van der Waals surface area contributed by atoms with Crippen molar-refractivity contribution in [3.05, 3.63) is 30.5 Å². The van der Waals surface area contributed by atoms with E-state index in [2.05, 4.69) is 10.3 Å². The molecule has 0 saturated carbocycles. The van der Waals surface area contributed by atoms with E-state index in [-0.39, 0.29) is 0 Å². The largest absolute Gasteiger partial charge is 0.397 e. The highest BCUT2D eigenvalue weighted by Crippen LogP contribution is 2.27. The van der Waals surface area contributed by atoms with E-state index in [1.807, 2.05) is 6.07 Å². The molecule has 102 valence electrons. The number of anilines is 2. The van der Waals surface area contributed by atoms with Crippen molar-refractivity contribution in [1.82, 2.24) is 4.98 Å². The summed E-state index contributed by atoms with van der Waals surface area (Å²) >= 11 is 0. The smallest absolute Gasteiger partial charge is 0.107 e. The molecule has 1 aromatic carbocycles. The minimum absolute atomic E-state index is 0.397. The fourth-order valence-electron chi connectivity index (χ4n) is 1.86. The van der Waals surface area contributed by atoms with Crippen LogP contribution in [0.15, 0.2) is 30.5 Å². The Kier molecular flexibility index (Phi) is 3.84. The zero-order chi connectivity index (χ0) is 13.9. The first kappa shape index (κ1) is 13.5. The van der Waals surface area contributed by atoms with Gasteiger partial charge in [-0.2, -0.15) is 0 Å². The van der Waals surface area contributed by atoms with E-state index >= 15 is 0 Å². The van der Waals surface area contributed by atoms with Crippen molar-refractivity contribution >= 4 is 22.3 Å². The minimum Gasteiger partial charge on any atom is -0.397 e. The number of hydrogen-bond acceptors (Lipinski definition) is 6. The normalized spacial score (nSPS) is 11.7. The van der Waals surface area contributed by atoms with Crippen LogP contribution in [0, 0.1) is 0 Å². The van der Waals surface area contributed by atoms with Gasteiger partial charge in [0.15, 0.2) is 0 Å². The molecule has 6 heteroatoms. The molecule has 0 bridgehead atoms. The predicted octanol–water partition coefficient (Wildman–Crippen LogP) is -0.0554. The zero-order valence-corrected chi connectivity index (χ0v) is 10.4. The first-order valence-corrected chi connectivity index (χ1v) is 5.90. The van der Waals surface area contributed by atoms with Crippen molar-refractivity contribution in [2.24, 2.45) is 0 Å². The van der Waals surface area contributed by atoms with Crippen LogP contribution in [-0.2, 0) is 0 Å². The van der Waals surface area contributed by atoms with Crippen LogP contribution in [0.5, 0.6) is 0 Å². The topological polar surface area (TPSA) is 112 Å². The van der Waals surface area contributed by atoms with Crippen molar-refractivity contribution in [1.29, 1.82) is 0 Å². The summed E-state index contributed by atoms with van der Waals surface area (Å²) in [5.41, 5.74) is 6.49. The van der Waals surface area contributed by atoms with Crippen LogP contribution in [0.2, 0.25) is 0 Å². The maximum atomic E-state index is 9.34. The molecule has 2 rings (SSSR count). The molecule has 0 aliphatic heterocycles. The Bertz CT molecular complexity index is 562. The van der Waals surface area contributed by atoms with Gasteiger partial charge in [0.2, 0.25) is 0 Å². The Labute approximate surface area is 110 Å². The molecule has 1 heterocycles. The standard InChI is InChI=1S/C13H17N3O3/c14-10-3-1-2-9-11(4-5-15-12(9)10)16-13(6-17,7-18)8-19/h1-5,17-19H,6-8,14H2,(H,15,16). The highest BCUT2D eigenvalue weighted by molar-refractivity contribution is 5.97. The highest BCUT2D eigenvalue weighted by Gasteiger charge is 2.28. The lowest BCUT2D eigenvalue weighted by Crippen LogP contribution is -2.49. The second-order valence-electron chi connectivity index (χ2n) is 4.48. The third-order valence-corrected chi connectivity index (χ3v) is 3.11. The number of aliphatic hydroxyl groups is 3. The molecule has 0 aliphatic rings. The summed E-state index contributed by atoms with van der Waals surface area (Å²) in [6.07, 6.45) is 1.58. The number of aliphatic hydroxyl groups excluding tert-OH is 3. The predicted molar refractivity (Wildman–Crippen MR) is 73.8 cm³/mol. The molecule has 0 amide bonds. The average Bonchev–Trinajstić information content (AvgIpc) is 2.46. The highest BCUT2D eigenvalue weighted by atomic mass is 16.3. The van der Waals surface area contributed by atoms with E-state index in [0.29, 0.717) is 16.9 Å². The summed E-state index contributed by atoms with van der Waals surface area (Å²) in [4.78, 5) is 4.20.